The van der Waals surface area contributed by atoms with Crippen molar-refractivity contribution >= 4 is 15.9 Å². The van der Waals surface area contributed by atoms with Crippen LogP contribution in [0.3, 0.4) is 0 Å². The summed E-state index contributed by atoms with van der Waals surface area (Å²) >= 11 is 0. The van der Waals surface area contributed by atoms with E-state index in [2.05, 4.69) is 5.32 Å². The van der Waals surface area contributed by atoms with Crippen molar-refractivity contribution in [1.82, 2.24) is 9.62 Å². The van der Waals surface area contributed by atoms with E-state index in [1.54, 1.807) is 31.4 Å². The first-order chi connectivity index (χ1) is 12.2. The molecule has 0 aliphatic carbocycles. The van der Waals surface area contributed by atoms with E-state index in [-0.39, 0.29) is 11.9 Å². The number of nitrogens with one attached hydrogen (secondary N) is 1. The van der Waals surface area contributed by atoms with Crippen molar-refractivity contribution in [2.45, 2.75) is 19.0 Å². The van der Waals surface area contributed by atoms with Gasteiger partial charge in [-0.2, -0.15) is 4.31 Å². The molecular formula is C19H24N2O4S. The van der Waals surface area contributed by atoms with E-state index in [9.17, 15) is 13.2 Å². The van der Waals surface area contributed by atoms with Crippen molar-refractivity contribution in [1.29, 1.82) is 0 Å². The summed E-state index contributed by atoms with van der Waals surface area (Å²) in [4.78, 5) is 12.9. The van der Waals surface area contributed by atoms with E-state index in [1.165, 1.54) is 7.05 Å². The predicted molar refractivity (Wildman–Crippen MR) is 101 cm³/mol. The number of hydrogen-bond donors (Lipinski definition) is 1. The Morgan fingerprint density at radius 2 is 1.62 bits per heavy atom. The van der Waals surface area contributed by atoms with Crippen LogP contribution in [0.5, 0.6) is 5.75 Å². The molecule has 1 N–H and O–H groups in total. The molecule has 0 aliphatic heterocycles. The van der Waals surface area contributed by atoms with Gasteiger partial charge < -0.3 is 10.1 Å². The fourth-order valence-electron chi connectivity index (χ4n) is 2.62. The smallest absolute Gasteiger partial charge is 0.243 e. The van der Waals surface area contributed by atoms with Crippen molar-refractivity contribution < 1.29 is 17.9 Å². The number of benzene rings is 2. The lowest BCUT2D eigenvalue weighted by molar-refractivity contribution is -0.125. The van der Waals surface area contributed by atoms with Gasteiger partial charge >= 0.3 is 0 Å². The van der Waals surface area contributed by atoms with E-state index < -0.39 is 16.1 Å². The number of hydrogen-bond acceptors (Lipinski definition) is 4. The summed E-state index contributed by atoms with van der Waals surface area (Å²) < 4.78 is 30.2. The number of methoxy groups -OCH3 is 1. The van der Waals surface area contributed by atoms with Crippen LogP contribution in [0.15, 0.2) is 54.6 Å². The molecule has 2 aromatic carbocycles. The van der Waals surface area contributed by atoms with E-state index in [1.807, 2.05) is 37.3 Å². The topological polar surface area (TPSA) is 75.7 Å². The Kier molecular flexibility index (Phi) is 6.39. The van der Waals surface area contributed by atoms with Crippen molar-refractivity contribution in [3.05, 3.63) is 65.7 Å². The number of ether oxygens (including phenoxy) is 1. The van der Waals surface area contributed by atoms with Crippen LogP contribution < -0.4 is 10.1 Å². The van der Waals surface area contributed by atoms with Gasteiger partial charge in [-0.15, -0.1) is 0 Å². The average molecular weight is 376 g/mol. The van der Waals surface area contributed by atoms with Crippen molar-refractivity contribution in [3.8, 4) is 5.75 Å². The van der Waals surface area contributed by atoms with Crippen LogP contribution in [-0.2, 0) is 14.8 Å². The third-order valence-electron chi connectivity index (χ3n) is 4.22. The number of rotatable bonds is 7. The molecule has 0 spiro atoms. The van der Waals surface area contributed by atoms with E-state index in [4.69, 9.17) is 4.74 Å². The summed E-state index contributed by atoms with van der Waals surface area (Å²) in [6.45, 7) is 1.85. The highest BCUT2D eigenvalue weighted by molar-refractivity contribution is 7.88. The van der Waals surface area contributed by atoms with Gasteiger partial charge in [-0.1, -0.05) is 42.5 Å². The van der Waals surface area contributed by atoms with Crippen LogP contribution >= 0.6 is 0 Å². The molecule has 0 bridgehead atoms. The number of amides is 1. The zero-order valence-electron chi connectivity index (χ0n) is 15.3. The summed E-state index contributed by atoms with van der Waals surface area (Å²) in [5.41, 5.74) is 1.51. The lowest BCUT2D eigenvalue weighted by atomic mass is 10.0. The van der Waals surface area contributed by atoms with Crippen LogP contribution in [0.2, 0.25) is 0 Å². The lowest BCUT2D eigenvalue weighted by Gasteiger charge is -2.27. The number of carbonyl (C=O) groups is 1. The van der Waals surface area contributed by atoms with Crippen LogP contribution in [-0.4, -0.2) is 39.0 Å². The van der Waals surface area contributed by atoms with Gasteiger partial charge in [-0.25, -0.2) is 8.42 Å². The molecular weight excluding hydrogens is 352 g/mol. The third kappa shape index (κ3) is 4.83. The molecule has 0 aliphatic rings. The molecule has 0 heterocycles. The van der Waals surface area contributed by atoms with Gasteiger partial charge in [0.1, 0.15) is 11.8 Å². The summed E-state index contributed by atoms with van der Waals surface area (Å²) in [5, 5.41) is 2.90. The van der Waals surface area contributed by atoms with E-state index in [0.717, 1.165) is 21.9 Å². The van der Waals surface area contributed by atoms with E-state index >= 15 is 0 Å². The van der Waals surface area contributed by atoms with Crippen LogP contribution in [0.1, 0.15) is 30.1 Å². The molecule has 2 aromatic rings. The highest BCUT2D eigenvalue weighted by atomic mass is 32.2. The molecule has 1 amide bonds. The molecule has 2 rings (SSSR count). The highest BCUT2D eigenvalue weighted by Gasteiger charge is 2.31. The van der Waals surface area contributed by atoms with E-state index in [0.29, 0.717) is 5.56 Å². The second-order valence-electron chi connectivity index (χ2n) is 6.10. The highest BCUT2D eigenvalue weighted by Crippen LogP contribution is 2.24. The standard InChI is InChI=1S/C19H24N2O4S/c1-14(15-10-12-17(25-3)13-11-15)20-19(22)18(21(2)26(4,23)24)16-8-6-5-7-9-16/h5-14,18H,1-4H3,(H,20,22)/t14-,18-/m0/s1. The maximum absolute atomic E-state index is 12.9. The largest absolute Gasteiger partial charge is 0.497 e. The molecule has 2 atom stereocenters. The zero-order chi connectivity index (χ0) is 19.3. The molecule has 0 aromatic heterocycles. The Bertz CT molecular complexity index is 836. The Morgan fingerprint density at radius 3 is 2.12 bits per heavy atom. The van der Waals surface area contributed by atoms with Crippen LogP contribution in [0, 0.1) is 0 Å². The van der Waals surface area contributed by atoms with Gasteiger partial charge in [0, 0.05) is 7.05 Å². The first kappa shape index (κ1) is 19.9. The molecule has 0 saturated carbocycles. The Labute approximate surface area is 154 Å². The minimum atomic E-state index is -3.55. The monoisotopic (exact) mass is 376 g/mol. The molecule has 7 heteroatoms. The van der Waals surface area contributed by atoms with Gasteiger partial charge in [0.2, 0.25) is 15.9 Å². The second kappa shape index (κ2) is 8.33. The maximum atomic E-state index is 12.9. The molecule has 0 saturated heterocycles. The Balaban J connectivity index is 2.25. The van der Waals surface area contributed by atoms with Gasteiger partial charge in [-0.3, -0.25) is 4.79 Å². The normalized spacial score (nSPS) is 13.9. The van der Waals surface area contributed by atoms with Crippen molar-refractivity contribution in [2.24, 2.45) is 0 Å². The molecule has 26 heavy (non-hydrogen) atoms. The number of nitrogens with zero attached hydrogens (tertiary/aromatic N) is 1. The fraction of sp³-hybridized carbons (Fsp3) is 0.316. The first-order valence-corrected chi connectivity index (χ1v) is 10.0. The third-order valence-corrected chi connectivity index (χ3v) is 5.48. The predicted octanol–water partition coefficient (Wildman–Crippen LogP) is 2.51. The molecule has 0 radical (unpaired) electrons. The minimum Gasteiger partial charge on any atom is -0.497 e. The van der Waals surface area contributed by atoms with Gasteiger partial charge in [0.25, 0.3) is 0 Å². The number of likely N-dealkylation sites (N-methyl/N-ethyl adjacent to an activating group) is 1. The second-order valence-corrected chi connectivity index (χ2v) is 8.14. The van der Waals surface area contributed by atoms with Gasteiger partial charge in [0.05, 0.1) is 19.4 Å². The summed E-state index contributed by atoms with van der Waals surface area (Å²) in [5.74, 6) is 0.346. The lowest BCUT2D eigenvalue weighted by Crippen LogP contribution is -2.42. The molecule has 140 valence electrons. The fourth-order valence-corrected chi connectivity index (χ4v) is 3.22. The Hall–Kier alpha value is -2.38. The van der Waals surface area contributed by atoms with Crippen LogP contribution in [0.4, 0.5) is 0 Å². The minimum absolute atomic E-state index is 0.285. The Morgan fingerprint density at radius 1 is 1.04 bits per heavy atom. The maximum Gasteiger partial charge on any atom is 0.243 e. The first-order valence-electron chi connectivity index (χ1n) is 8.16. The van der Waals surface area contributed by atoms with Crippen molar-refractivity contribution in [2.75, 3.05) is 20.4 Å². The van der Waals surface area contributed by atoms with Crippen LogP contribution in [0.25, 0.3) is 0 Å². The summed E-state index contributed by atoms with van der Waals surface area (Å²) in [6, 6.07) is 15.0. The quantitative estimate of drug-likeness (QED) is 0.806. The molecule has 0 fully saturated rings. The summed E-state index contributed by atoms with van der Waals surface area (Å²) in [6.07, 6.45) is 1.09. The molecule has 0 unspecified atom stereocenters. The van der Waals surface area contributed by atoms with Crippen molar-refractivity contribution in [3.63, 3.8) is 0 Å². The SMILES string of the molecule is COc1ccc([C@H](C)NC(=O)[C@H](c2ccccc2)N(C)S(C)(=O)=O)cc1. The average Bonchev–Trinajstić information content (AvgIpc) is 2.62. The van der Waals surface area contributed by atoms with Gasteiger partial charge in [0.15, 0.2) is 0 Å². The number of carbonyl (C=O) groups excluding carboxylic acids is 1. The van der Waals surface area contributed by atoms with Gasteiger partial charge in [-0.05, 0) is 30.2 Å². The number of sulfonamides is 1. The zero-order valence-corrected chi connectivity index (χ0v) is 16.2. The molecule has 6 nitrogen and oxygen atoms in total. The summed E-state index contributed by atoms with van der Waals surface area (Å²) in [7, 11) is -0.552.